The molecule has 1 aromatic carbocycles. The summed E-state index contributed by atoms with van der Waals surface area (Å²) in [5.74, 6) is -1.86. The number of benzene rings is 1. The average Bonchev–Trinajstić information content (AvgIpc) is 2.26. The maximum atomic E-state index is 13.5. The molecule has 0 bridgehead atoms. The molecule has 0 unspecified atom stereocenters. The fourth-order valence-corrected chi connectivity index (χ4v) is 2.12. The minimum atomic E-state index is -4.46. The standard InChI is InChI=1S/C9H8ClFN2O5S/c1-2-9(14)12-6-3-5(11)8(19(10,17)18)4-7(6)13(15)16/h3-4H,2H2,1H3,(H,12,14). The number of nitro benzene ring substituents is 1. The number of halogens is 2. The quantitative estimate of drug-likeness (QED) is 0.520. The number of hydrogen-bond acceptors (Lipinski definition) is 5. The number of nitrogens with one attached hydrogen (secondary N) is 1. The summed E-state index contributed by atoms with van der Waals surface area (Å²) in [4.78, 5) is 20.0. The van der Waals surface area contributed by atoms with Crippen LogP contribution in [-0.2, 0) is 13.8 Å². The molecule has 104 valence electrons. The van der Waals surface area contributed by atoms with Crippen molar-refractivity contribution in [2.75, 3.05) is 5.32 Å². The van der Waals surface area contributed by atoms with E-state index in [9.17, 15) is 27.7 Å². The van der Waals surface area contributed by atoms with Crippen molar-refractivity contribution < 1.29 is 22.5 Å². The zero-order valence-corrected chi connectivity index (χ0v) is 11.1. The average molecular weight is 311 g/mol. The van der Waals surface area contributed by atoms with Gasteiger partial charge in [-0.15, -0.1) is 0 Å². The van der Waals surface area contributed by atoms with Crippen LogP contribution in [0.2, 0.25) is 0 Å². The van der Waals surface area contributed by atoms with Gasteiger partial charge in [0.25, 0.3) is 14.7 Å². The van der Waals surface area contributed by atoms with Gasteiger partial charge >= 0.3 is 0 Å². The lowest BCUT2D eigenvalue weighted by Crippen LogP contribution is -2.12. The SMILES string of the molecule is CCC(=O)Nc1cc(F)c(S(=O)(=O)Cl)cc1[N+](=O)[O-]. The summed E-state index contributed by atoms with van der Waals surface area (Å²) >= 11 is 0. The number of amides is 1. The summed E-state index contributed by atoms with van der Waals surface area (Å²) in [5, 5.41) is 12.9. The number of rotatable bonds is 4. The van der Waals surface area contributed by atoms with Crippen molar-refractivity contribution in [2.45, 2.75) is 18.2 Å². The Bertz CT molecular complexity index is 646. The molecule has 19 heavy (non-hydrogen) atoms. The molecule has 0 saturated heterocycles. The zero-order chi connectivity index (χ0) is 14.8. The van der Waals surface area contributed by atoms with Gasteiger partial charge in [0, 0.05) is 29.2 Å². The Balaban J connectivity index is 3.46. The van der Waals surface area contributed by atoms with E-state index in [0.29, 0.717) is 12.1 Å². The lowest BCUT2D eigenvalue weighted by atomic mass is 10.2. The van der Waals surface area contributed by atoms with Crippen LogP contribution < -0.4 is 5.32 Å². The summed E-state index contributed by atoms with van der Waals surface area (Å²) in [6, 6.07) is 1.00. The number of carbonyl (C=O) groups excluding carboxylic acids is 1. The normalized spacial score (nSPS) is 11.1. The van der Waals surface area contributed by atoms with Gasteiger partial charge in [-0.1, -0.05) is 6.92 Å². The van der Waals surface area contributed by atoms with Gasteiger partial charge in [-0.25, -0.2) is 12.8 Å². The molecule has 10 heteroatoms. The Hall–Kier alpha value is -1.74. The number of carbonyl (C=O) groups is 1. The van der Waals surface area contributed by atoms with Crippen molar-refractivity contribution in [3.8, 4) is 0 Å². The second kappa shape index (κ2) is 5.49. The Kier molecular flexibility index (Phi) is 4.43. The zero-order valence-electron chi connectivity index (χ0n) is 9.51. The maximum Gasteiger partial charge on any atom is 0.294 e. The van der Waals surface area contributed by atoms with Gasteiger partial charge in [0.05, 0.1) is 4.92 Å². The van der Waals surface area contributed by atoms with Crippen LogP contribution in [-0.4, -0.2) is 19.2 Å². The molecule has 0 aliphatic heterocycles. The van der Waals surface area contributed by atoms with Gasteiger partial charge in [-0.2, -0.15) is 0 Å². The Morgan fingerprint density at radius 1 is 1.53 bits per heavy atom. The molecule has 0 fully saturated rings. The third-order valence-electron chi connectivity index (χ3n) is 2.10. The molecule has 1 rings (SSSR count). The highest BCUT2D eigenvalue weighted by Crippen LogP contribution is 2.31. The molecule has 1 aromatic rings. The van der Waals surface area contributed by atoms with Crippen LogP contribution in [0.25, 0.3) is 0 Å². The first-order valence-electron chi connectivity index (χ1n) is 4.89. The first-order chi connectivity index (χ1) is 8.66. The maximum absolute atomic E-state index is 13.5. The van der Waals surface area contributed by atoms with Gasteiger partial charge < -0.3 is 5.32 Å². The minimum Gasteiger partial charge on any atom is -0.320 e. The highest BCUT2D eigenvalue weighted by atomic mass is 35.7. The molecule has 1 amide bonds. The summed E-state index contributed by atoms with van der Waals surface area (Å²) in [5.41, 5.74) is -1.19. The van der Waals surface area contributed by atoms with E-state index in [2.05, 4.69) is 5.32 Å². The molecular formula is C9H8ClFN2O5S. The van der Waals surface area contributed by atoms with Crippen LogP contribution in [0.1, 0.15) is 13.3 Å². The largest absolute Gasteiger partial charge is 0.320 e. The van der Waals surface area contributed by atoms with Gasteiger partial charge in [0.1, 0.15) is 16.4 Å². The Labute approximate surface area is 111 Å². The minimum absolute atomic E-state index is 0.0222. The summed E-state index contributed by atoms with van der Waals surface area (Å²) < 4.78 is 35.6. The predicted octanol–water partition coefficient (Wildman–Crippen LogP) is 2.01. The molecule has 7 nitrogen and oxygen atoms in total. The van der Waals surface area contributed by atoms with E-state index in [-0.39, 0.29) is 6.42 Å². The van der Waals surface area contributed by atoms with Crippen LogP contribution in [0, 0.1) is 15.9 Å². The number of hydrogen-bond donors (Lipinski definition) is 1. The molecule has 0 heterocycles. The van der Waals surface area contributed by atoms with Crippen molar-refractivity contribution in [1.29, 1.82) is 0 Å². The van der Waals surface area contributed by atoms with Crippen molar-refractivity contribution in [3.63, 3.8) is 0 Å². The molecule has 0 spiro atoms. The highest BCUT2D eigenvalue weighted by molar-refractivity contribution is 8.13. The summed E-state index contributed by atoms with van der Waals surface area (Å²) in [7, 11) is 0.488. The van der Waals surface area contributed by atoms with E-state index in [1.165, 1.54) is 6.92 Å². The second-order valence-electron chi connectivity index (χ2n) is 3.40. The van der Waals surface area contributed by atoms with E-state index in [4.69, 9.17) is 10.7 Å². The fraction of sp³-hybridized carbons (Fsp3) is 0.222. The summed E-state index contributed by atoms with van der Waals surface area (Å²) in [6.45, 7) is 1.50. The molecule has 1 N–H and O–H groups in total. The van der Waals surface area contributed by atoms with Crippen molar-refractivity contribution in [3.05, 3.63) is 28.1 Å². The van der Waals surface area contributed by atoms with Crippen molar-refractivity contribution in [1.82, 2.24) is 0 Å². The van der Waals surface area contributed by atoms with E-state index in [1.807, 2.05) is 0 Å². The van der Waals surface area contributed by atoms with Crippen molar-refractivity contribution >= 4 is 37.0 Å². The molecule has 0 aliphatic rings. The molecular weight excluding hydrogens is 303 g/mol. The third kappa shape index (κ3) is 3.61. The lowest BCUT2D eigenvalue weighted by molar-refractivity contribution is -0.384. The lowest BCUT2D eigenvalue weighted by Gasteiger charge is -2.06. The smallest absolute Gasteiger partial charge is 0.294 e. The molecule has 0 aromatic heterocycles. The van der Waals surface area contributed by atoms with E-state index < -0.39 is 42.0 Å². The van der Waals surface area contributed by atoms with Crippen LogP contribution in [0.4, 0.5) is 15.8 Å². The molecule has 0 atom stereocenters. The molecule has 0 saturated carbocycles. The van der Waals surface area contributed by atoms with Crippen LogP contribution in [0.15, 0.2) is 17.0 Å². The van der Waals surface area contributed by atoms with E-state index in [1.54, 1.807) is 0 Å². The molecule has 0 aliphatic carbocycles. The fourth-order valence-electron chi connectivity index (χ4n) is 1.22. The molecule has 0 radical (unpaired) electrons. The second-order valence-corrected chi connectivity index (χ2v) is 5.93. The van der Waals surface area contributed by atoms with Crippen LogP contribution >= 0.6 is 10.7 Å². The van der Waals surface area contributed by atoms with Crippen LogP contribution in [0.5, 0.6) is 0 Å². The topological polar surface area (TPSA) is 106 Å². The summed E-state index contributed by atoms with van der Waals surface area (Å²) in [6.07, 6.45) is 0.0222. The van der Waals surface area contributed by atoms with Gasteiger partial charge in [0.2, 0.25) is 5.91 Å². The van der Waals surface area contributed by atoms with E-state index in [0.717, 1.165) is 0 Å². The van der Waals surface area contributed by atoms with Crippen molar-refractivity contribution in [2.24, 2.45) is 0 Å². The Morgan fingerprint density at radius 2 is 2.11 bits per heavy atom. The number of anilines is 1. The third-order valence-corrected chi connectivity index (χ3v) is 3.44. The van der Waals surface area contributed by atoms with Gasteiger partial charge in [-0.05, 0) is 0 Å². The first kappa shape index (κ1) is 15.3. The van der Waals surface area contributed by atoms with Gasteiger partial charge in [-0.3, -0.25) is 14.9 Å². The van der Waals surface area contributed by atoms with E-state index >= 15 is 0 Å². The number of nitro groups is 1. The monoisotopic (exact) mass is 310 g/mol. The Morgan fingerprint density at radius 3 is 2.53 bits per heavy atom. The number of nitrogens with zero attached hydrogens (tertiary/aromatic N) is 1. The van der Waals surface area contributed by atoms with Gasteiger partial charge in [0.15, 0.2) is 0 Å². The van der Waals surface area contributed by atoms with Crippen LogP contribution in [0.3, 0.4) is 0 Å². The predicted molar refractivity (Wildman–Crippen MR) is 65.0 cm³/mol. The highest BCUT2D eigenvalue weighted by Gasteiger charge is 2.25. The first-order valence-corrected chi connectivity index (χ1v) is 7.20.